The maximum atomic E-state index is 12.7. The van der Waals surface area contributed by atoms with E-state index in [1.54, 1.807) is 41.2 Å². The smallest absolute Gasteiger partial charge is 0.352 e. The highest BCUT2D eigenvalue weighted by molar-refractivity contribution is 8.00. The molecule has 33 heavy (non-hydrogen) atoms. The van der Waals surface area contributed by atoms with Gasteiger partial charge in [-0.05, 0) is 29.8 Å². The summed E-state index contributed by atoms with van der Waals surface area (Å²) in [6, 6.07) is 12.0. The first-order valence-electron chi connectivity index (χ1n) is 10.2. The number of aliphatic carboxylic acids is 1. The summed E-state index contributed by atoms with van der Waals surface area (Å²) < 4.78 is 1.75. The van der Waals surface area contributed by atoms with E-state index in [9.17, 15) is 24.6 Å². The normalized spacial score (nSPS) is 19.9. The molecular formula is C23H22N3O5S2+. The van der Waals surface area contributed by atoms with E-state index in [4.69, 9.17) is 0 Å². The van der Waals surface area contributed by atoms with E-state index in [2.05, 4.69) is 5.32 Å². The summed E-state index contributed by atoms with van der Waals surface area (Å²) >= 11 is 2.80. The van der Waals surface area contributed by atoms with E-state index >= 15 is 0 Å². The van der Waals surface area contributed by atoms with Crippen LogP contribution >= 0.6 is 23.5 Å². The standard InChI is InChI=1S/C23H21N3O5S2/c27-16-7-5-11-25(12-16)10-4-6-15-13-33-22-19(21(29)26(22)20(15)23(30)31)24-18(28)14-32-17-8-2-1-3-9-17/h1-9,11-12,19,22H,10,13-14H2,(H2-,24,27,28,30,31)/p+1/b6-4+/t19-,22-/m1/s1. The van der Waals surface area contributed by atoms with Crippen molar-refractivity contribution in [1.29, 1.82) is 0 Å². The molecule has 1 aromatic carbocycles. The molecule has 0 bridgehead atoms. The quantitative estimate of drug-likeness (QED) is 0.298. The largest absolute Gasteiger partial charge is 0.503 e. The van der Waals surface area contributed by atoms with Gasteiger partial charge in [0.15, 0.2) is 18.5 Å². The third-order valence-electron chi connectivity index (χ3n) is 5.11. The number of carbonyl (C=O) groups is 3. The first-order chi connectivity index (χ1) is 15.9. The molecule has 2 amide bonds. The number of amides is 2. The summed E-state index contributed by atoms with van der Waals surface area (Å²) in [6.45, 7) is 0.435. The number of nitrogens with one attached hydrogen (secondary N) is 1. The van der Waals surface area contributed by atoms with Gasteiger partial charge in [0, 0.05) is 16.7 Å². The van der Waals surface area contributed by atoms with Gasteiger partial charge in [-0.3, -0.25) is 14.5 Å². The molecule has 4 rings (SSSR count). The minimum Gasteiger partial charge on any atom is -0.503 e. The number of aromatic hydroxyl groups is 1. The number of fused-ring (bicyclic) bond motifs is 1. The Kier molecular flexibility index (Phi) is 7.05. The van der Waals surface area contributed by atoms with Crippen molar-refractivity contribution in [2.45, 2.75) is 22.9 Å². The molecule has 2 aliphatic rings. The Bertz CT molecular complexity index is 1140. The zero-order valence-corrected chi connectivity index (χ0v) is 19.1. The highest BCUT2D eigenvalue weighted by atomic mass is 32.2. The topological polar surface area (TPSA) is 111 Å². The van der Waals surface area contributed by atoms with Crippen molar-refractivity contribution in [3.63, 3.8) is 0 Å². The van der Waals surface area contributed by atoms with Gasteiger partial charge in [0.2, 0.25) is 12.1 Å². The van der Waals surface area contributed by atoms with E-state index in [1.807, 2.05) is 30.3 Å². The highest BCUT2D eigenvalue weighted by Crippen LogP contribution is 2.40. The molecule has 1 saturated heterocycles. The number of carboxylic acid groups (broad SMARTS) is 1. The van der Waals surface area contributed by atoms with Gasteiger partial charge in [0.05, 0.1) is 5.75 Å². The molecule has 170 valence electrons. The van der Waals surface area contributed by atoms with Crippen molar-refractivity contribution in [2.75, 3.05) is 11.5 Å². The lowest BCUT2D eigenvalue weighted by molar-refractivity contribution is -0.687. The van der Waals surface area contributed by atoms with Crippen LogP contribution in [0.5, 0.6) is 5.75 Å². The molecule has 2 aromatic rings. The first-order valence-corrected chi connectivity index (χ1v) is 12.2. The molecule has 0 saturated carbocycles. The zero-order chi connectivity index (χ0) is 23.4. The van der Waals surface area contributed by atoms with Crippen LogP contribution in [0, 0.1) is 0 Å². The summed E-state index contributed by atoms with van der Waals surface area (Å²) in [6.07, 6.45) is 6.82. The van der Waals surface area contributed by atoms with Gasteiger partial charge in [0.25, 0.3) is 5.91 Å². The van der Waals surface area contributed by atoms with Crippen molar-refractivity contribution >= 4 is 41.3 Å². The molecule has 0 unspecified atom stereocenters. The molecule has 0 radical (unpaired) electrons. The Morgan fingerprint density at radius 2 is 2.03 bits per heavy atom. The van der Waals surface area contributed by atoms with Crippen LogP contribution in [0.4, 0.5) is 0 Å². The lowest BCUT2D eigenvalue weighted by Crippen LogP contribution is -2.70. The van der Waals surface area contributed by atoms with Gasteiger partial charge in [0.1, 0.15) is 17.1 Å². The minimum absolute atomic E-state index is 0.0509. The van der Waals surface area contributed by atoms with E-state index in [1.165, 1.54) is 28.4 Å². The molecule has 2 atom stereocenters. The summed E-state index contributed by atoms with van der Waals surface area (Å²) in [5.74, 6) is -1.15. The second kappa shape index (κ2) is 10.1. The number of rotatable bonds is 8. The minimum atomic E-state index is -1.18. The molecule has 2 aliphatic heterocycles. The van der Waals surface area contributed by atoms with Crippen LogP contribution in [0.1, 0.15) is 0 Å². The van der Waals surface area contributed by atoms with E-state index in [-0.39, 0.29) is 23.1 Å². The Labute approximate surface area is 199 Å². The number of allylic oxidation sites excluding steroid dienone is 2. The highest BCUT2D eigenvalue weighted by Gasteiger charge is 2.53. The van der Waals surface area contributed by atoms with Crippen LogP contribution < -0.4 is 9.88 Å². The number of benzene rings is 1. The van der Waals surface area contributed by atoms with E-state index in [0.717, 1.165) is 4.90 Å². The van der Waals surface area contributed by atoms with Crippen LogP contribution in [-0.4, -0.2) is 55.8 Å². The average molecular weight is 485 g/mol. The summed E-state index contributed by atoms with van der Waals surface area (Å²) in [5, 5.41) is 21.6. The molecule has 1 aromatic heterocycles. The average Bonchev–Trinajstić information content (AvgIpc) is 2.81. The second-order valence-electron chi connectivity index (χ2n) is 7.40. The number of carbonyl (C=O) groups excluding carboxylic acids is 2. The van der Waals surface area contributed by atoms with E-state index in [0.29, 0.717) is 17.9 Å². The molecular weight excluding hydrogens is 462 g/mol. The van der Waals surface area contributed by atoms with Crippen LogP contribution in [0.3, 0.4) is 0 Å². The van der Waals surface area contributed by atoms with Gasteiger partial charge < -0.3 is 15.5 Å². The monoisotopic (exact) mass is 484 g/mol. The van der Waals surface area contributed by atoms with Crippen LogP contribution in [0.2, 0.25) is 0 Å². The fraction of sp³-hybridized carbons (Fsp3) is 0.217. The predicted molar refractivity (Wildman–Crippen MR) is 124 cm³/mol. The van der Waals surface area contributed by atoms with Crippen LogP contribution in [0.25, 0.3) is 0 Å². The van der Waals surface area contributed by atoms with E-state index < -0.39 is 23.3 Å². The predicted octanol–water partition coefficient (Wildman–Crippen LogP) is 1.77. The number of thioether (sulfide) groups is 2. The number of hydrogen-bond donors (Lipinski definition) is 3. The third-order valence-corrected chi connectivity index (χ3v) is 7.42. The fourth-order valence-electron chi connectivity index (χ4n) is 3.59. The van der Waals surface area contributed by atoms with Gasteiger partial charge >= 0.3 is 5.97 Å². The number of β-lactam (4-membered cyclic amide) rings is 1. The number of aromatic nitrogens is 1. The summed E-state index contributed by atoms with van der Waals surface area (Å²) in [4.78, 5) is 39.2. The number of pyridine rings is 1. The zero-order valence-electron chi connectivity index (χ0n) is 17.5. The third kappa shape index (κ3) is 5.23. The molecule has 0 aliphatic carbocycles. The lowest BCUT2D eigenvalue weighted by Gasteiger charge is -2.49. The van der Waals surface area contributed by atoms with Crippen molar-refractivity contribution < 1.29 is 29.2 Å². The maximum absolute atomic E-state index is 12.7. The Morgan fingerprint density at radius 1 is 1.24 bits per heavy atom. The molecule has 10 heteroatoms. The van der Waals surface area contributed by atoms with Gasteiger partial charge in [-0.25, -0.2) is 4.79 Å². The molecule has 3 heterocycles. The Balaban J connectivity index is 1.39. The fourth-order valence-corrected chi connectivity index (χ4v) is 5.64. The summed E-state index contributed by atoms with van der Waals surface area (Å²) in [5.41, 5.74) is 0.479. The number of hydrogen-bond acceptors (Lipinski definition) is 6. The molecule has 0 spiro atoms. The van der Waals surface area contributed by atoms with Gasteiger partial charge in [-0.2, -0.15) is 4.57 Å². The van der Waals surface area contributed by atoms with Gasteiger partial charge in [-0.1, -0.05) is 24.3 Å². The van der Waals surface area contributed by atoms with Crippen molar-refractivity contribution in [3.05, 3.63) is 78.3 Å². The van der Waals surface area contributed by atoms with Crippen molar-refractivity contribution in [3.8, 4) is 5.75 Å². The van der Waals surface area contributed by atoms with Crippen LogP contribution in [-0.2, 0) is 20.9 Å². The Hall–Kier alpha value is -3.24. The van der Waals surface area contributed by atoms with Crippen LogP contribution in [0.15, 0.2) is 83.2 Å². The first kappa shape index (κ1) is 22.9. The van der Waals surface area contributed by atoms with Crippen molar-refractivity contribution in [2.24, 2.45) is 0 Å². The molecule has 1 fully saturated rings. The second-order valence-corrected chi connectivity index (χ2v) is 9.55. The molecule has 3 N–H and O–H groups in total. The Morgan fingerprint density at radius 3 is 2.76 bits per heavy atom. The SMILES string of the molecule is O=C(CSc1ccccc1)N[C@@H]1C(=O)N2C(C(=O)O)=C(/C=C/C[n+]3cccc(O)c3)CS[C@H]12. The van der Waals surface area contributed by atoms with Gasteiger partial charge in [-0.15, -0.1) is 23.5 Å². The lowest BCUT2D eigenvalue weighted by atomic mass is 10.0. The summed E-state index contributed by atoms with van der Waals surface area (Å²) in [7, 11) is 0. The number of carboxylic acids is 1. The molecule has 8 nitrogen and oxygen atoms in total. The number of nitrogens with zero attached hydrogens (tertiary/aromatic N) is 2. The van der Waals surface area contributed by atoms with Crippen molar-refractivity contribution in [1.82, 2.24) is 10.2 Å². The maximum Gasteiger partial charge on any atom is 0.352 e.